The Hall–Kier alpha value is -1.92. The van der Waals surface area contributed by atoms with E-state index in [-0.39, 0.29) is 17.9 Å². The number of nitrogens with zero attached hydrogens (tertiary/aromatic N) is 1. The summed E-state index contributed by atoms with van der Waals surface area (Å²) in [6.07, 6.45) is 1.35. The molecule has 1 unspecified atom stereocenters. The predicted molar refractivity (Wildman–Crippen MR) is 95.2 cm³/mol. The number of carbonyl (C=O) groups excluding carboxylic acids is 2. The molecule has 0 bridgehead atoms. The first-order chi connectivity index (χ1) is 11.5. The van der Waals surface area contributed by atoms with Gasteiger partial charge in [-0.05, 0) is 56.6 Å². The molecule has 132 valence electrons. The third kappa shape index (κ3) is 5.04. The van der Waals surface area contributed by atoms with Crippen LogP contribution in [0.4, 0.5) is 11.4 Å². The van der Waals surface area contributed by atoms with Gasteiger partial charge in [0, 0.05) is 18.0 Å². The Morgan fingerprint density at radius 1 is 1.25 bits per heavy atom. The standard InChI is InChI=1S/C18H27N3O3/c1-4-21(5-2)12-17(22)20-15-9-8-14(11-13(15)3)19-18(23)16-7-6-10-24-16/h8-9,11,16H,4-7,10,12H2,1-3H3,(H,19,23)(H,20,22). The second-order valence-electron chi connectivity index (χ2n) is 6.03. The van der Waals surface area contributed by atoms with Crippen LogP contribution >= 0.6 is 0 Å². The molecule has 2 rings (SSSR count). The first kappa shape index (κ1) is 18.4. The van der Waals surface area contributed by atoms with Crippen molar-refractivity contribution in [2.45, 2.75) is 39.7 Å². The van der Waals surface area contributed by atoms with E-state index in [1.807, 2.05) is 32.9 Å². The monoisotopic (exact) mass is 333 g/mol. The largest absolute Gasteiger partial charge is 0.368 e. The van der Waals surface area contributed by atoms with Crippen LogP contribution in [0.2, 0.25) is 0 Å². The van der Waals surface area contributed by atoms with Crippen molar-refractivity contribution in [3.63, 3.8) is 0 Å². The third-order valence-corrected chi connectivity index (χ3v) is 4.25. The molecule has 0 aliphatic carbocycles. The molecule has 0 spiro atoms. The Bertz CT molecular complexity index is 579. The number of anilines is 2. The Kier molecular flexibility index (Phi) is 6.75. The van der Waals surface area contributed by atoms with Gasteiger partial charge in [0.05, 0.1) is 6.54 Å². The molecule has 6 heteroatoms. The highest BCUT2D eigenvalue weighted by Gasteiger charge is 2.23. The fourth-order valence-corrected chi connectivity index (χ4v) is 2.73. The Morgan fingerprint density at radius 3 is 2.58 bits per heavy atom. The minimum atomic E-state index is -0.348. The first-order valence-corrected chi connectivity index (χ1v) is 8.58. The van der Waals surface area contributed by atoms with E-state index in [0.29, 0.717) is 13.2 Å². The van der Waals surface area contributed by atoms with Crippen molar-refractivity contribution in [2.24, 2.45) is 0 Å². The summed E-state index contributed by atoms with van der Waals surface area (Å²) < 4.78 is 5.38. The summed E-state index contributed by atoms with van der Waals surface area (Å²) >= 11 is 0. The van der Waals surface area contributed by atoms with Gasteiger partial charge < -0.3 is 15.4 Å². The van der Waals surface area contributed by atoms with Gasteiger partial charge in [0.2, 0.25) is 5.91 Å². The number of amides is 2. The van der Waals surface area contributed by atoms with Crippen LogP contribution in [-0.4, -0.2) is 49.1 Å². The van der Waals surface area contributed by atoms with Crippen LogP contribution in [0.15, 0.2) is 18.2 Å². The lowest BCUT2D eigenvalue weighted by Crippen LogP contribution is -2.33. The summed E-state index contributed by atoms with van der Waals surface area (Å²) in [6.45, 7) is 8.70. The number of benzene rings is 1. The molecule has 2 N–H and O–H groups in total. The van der Waals surface area contributed by atoms with Crippen LogP contribution in [0, 0.1) is 6.92 Å². The lowest BCUT2D eigenvalue weighted by molar-refractivity contribution is -0.124. The van der Waals surface area contributed by atoms with Gasteiger partial charge in [-0.1, -0.05) is 13.8 Å². The van der Waals surface area contributed by atoms with Crippen LogP contribution in [0.1, 0.15) is 32.3 Å². The van der Waals surface area contributed by atoms with E-state index in [0.717, 1.165) is 42.9 Å². The number of likely N-dealkylation sites (N-methyl/N-ethyl adjacent to an activating group) is 1. The molecule has 1 aromatic rings. The van der Waals surface area contributed by atoms with Crippen LogP contribution in [0.3, 0.4) is 0 Å². The van der Waals surface area contributed by atoms with Gasteiger partial charge in [-0.15, -0.1) is 0 Å². The van der Waals surface area contributed by atoms with E-state index in [1.54, 1.807) is 6.07 Å². The molecule has 1 heterocycles. The normalized spacial score (nSPS) is 17.1. The fourth-order valence-electron chi connectivity index (χ4n) is 2.73. The number of hydrogen-bond donors (Lipinski definition) is 2. The van der Waals surface area contributed by atoms with Crippen molar-refractivity contribution in [3.8, 4) is 0 Å². The van der Waals surface area contributed by atoms with Crippen molar-refractivity contribution < 1.29 is 14.3 Å². The smallest absolute Gasteiger partial charge is 0.253 e. The summed E-state index contributed by atoms with van der Waals surface area (Å²) in [6, 6.07) is 5.48. The quantitative estimate of drug-likeness (QED) is 0.804. The SMILES string of the molecule is CCN(CC)CC(=O)Nc1ccc(NC(=O)C2CCCO2)cc1C. The van der Waals surface area contributed by atoms with Gasteiger partial charge in [0.25, 0.3) is 5.91 Å². The molecular formula is C18H27N3O3. The van der Waals surface area contributed by atoms with Crippen molar-refractivity contribution in [1.29, 1.82) is 0 Å². The zero-order chi connectivity index (χ0) is 17.5. The molecule has 24 heavy (non-hydrogen) atoms. The average Bonchev–Trinajstić information content (AvgIpc) is 3.10. The Morgan fingerprint density at radius 2 is 2.00 bits per heavy atom. The maximum Gasteiger partial charge on any atom is 0.253 e. The highest BCUT2D eigenvalue weighted by molar-refractivity contribution is 5.96. The molecule has 1 fully saturated rings. The van der Waals surface area contributed by atoms with Crippen molar-refractivity contribution in [1.82, 2.24) is 4.90 Å². The summed E-state index contributed by atoms with van der Waals surface area (Å²) in [5, 5.41) is 5.80. The van der Waals surface area contributed by atoms with Crippen molar-refractivity contribution in [3.05, 3.63) is 23.8 Å². The molecule has 2 amide bonds. The summed E-state index contributed by atoms with van der Waals surface area (Å²) in [5.41, 5.74) is 2.39. The minimum Gasteiger partial charge on any atom is -0.368 e. The zero-order valence-corrected chi connectivity index (χ0v) is 14.7. The fraction of sp³-hybridized carbons (Fsp3) is 0.556. The number of carbonyl (C=O) groups is 2. The third-order valence-electron chi connectivity index (χ3n) is 4.25. The predicted octanol–water partition coefficient (Wildman–Crippen LogP) is 2.39. The molecular weight excluding hydrogens is 306 g/mol. The molecule has 1 saturated heterocycles. The van der Waals surface area contributed by atoms with Crippen LogP contribution in [0.5, 0.6) is 0 Å². The van der Waals surface area contributed by atoms with Gasteiger partial charge in [-0.2, -0.15) is 0 Å². The van der Waals surface area contributed by atoms with E-state index < -0.39 is 0 Å². The molecule has 1 aliphatic heterocycles. The topological polar surface area (TPSA) is 70.7 Å². The van der Waals surface area contributed by atoms with Gasteiger partial charge in [0.15, 0.2) is 0 Å². The van der Waals surface area contributed by atoms with Gasteiger partial charge in [-0.3, -0.25) is 14.5 Å². The van der Waals surface area contributed by atoms with Crippen molar-refractivity contribution in [2.75, 3.05) is 36.9 Å². The van der Waals surface area contributed by atoms with Crippen LogP contribution in [0.25, 0.3) is 0 Å². The molecule has 1 aliphatic rings. The number of aryl methyl sites for hydroxylation is 1. The number of rotatable bonds is 7. The molecule has 0 radical (unpaired) electrons. The Balaban J connectivity index is 1.93. The number of nitrogens with one attached hydrogen (secondary N) is 2. The van der Waals surface area contributed by atoms with Crippen LogP contribution < -0.4 is 10.6 Å². The lowest BCUT2D eigenvalue weighted by atomic mass is 10.1. The van der Waals surface area contributed by atoms with Gasteiger partial charge >= 0.3 is 0 Å². The second-order valence-corrected chi connectivity index (χ2v) is 6.03. The Labute approximate surface area is 143 Å². The summed E-state index contributed by atoms with van der Waals surface area (Å²) in [5.74, 6) is -0.136. The van der Waals surface area contributed by atoms with E-state index in [2.05, 4.69) is 15.5 Å². The van der Waals surface area contributed by atoms with Gasteiger partial charge in [0.1, 0.15) is 6.10 Å². The maximum absolute atomic E-state index is 12.1. The first-order valence-electron chi connectivity index (χ1n) is 8.58. The zero-order valence-electron chi connectivity index (χ0n) is 14.7. The molecule has 0 aromatic heterocycles. The summed E-state index contributed by atoms with van der Waals surface area (Å²) in [7, 11) is 0. The van der Waals surface area contributed by atoms with Crippen molar-refractivity contribution >= 4 is 23.2 Å². The van der Waals surface area contributed by atoms with Crippen LogP contribution in [-0.2, 0) is 14.3 Å². The lowest BCUT2D eigenvalue weighted by Gasteiger charge is -2.18. The maximum atomic E-state index is 12.1. The molecule has 1 aromatic carbocycles. The summed E-state index contributed by atoms with van der Waals surface area (Å²) in [4.78, 5) is 26.2. The highest BCUT2D eigenvalue weighted by Crippen LogP contribution is 2.21. The highest BCUT2D eigenvalue weighted by atomic mass is 16.5. The molecule has 6 nitrogen and oxygen atoms in total. The van der Waals surface area contributed by atoms with E-state index in [4.69, 9.17) is 4.74 Å². The van der Waals surface area contributed by atoms with Gasteiger partial charge in [-0.25, -0.2) is 0 Å². The number of hydrogen-bond acceptors (Lipinski definition) is 4. The molecule has 1 atom stereocenters. The minimum absolute atomic E-state index is 0.0297. The van der Waals surface area contributed by atoms with E-state index in [1.165, 1.54) is 0 Å². The van der Waals surface area contributed by atoms with E-state index >= 15 is 0 Å². The molecule has 0 saturated carbocycles. The number of ether oxygens (including phenoxy) is 1. The second kappa shape index (κ2) is 8.80. The van der Waals surface area contributed by atoms with E-state index in [9.17, 15) is 9.59 Å². The average molecular weight is 333 g/mol.